The number of nitrogens with two attached hydrogens (primary N) is 1. The monoisotopic (exact) mass is 277 g/mol. The number of aromatic nitrogens is 2. The third-order valence-electron chi connectivity index (χ3n) is 1.44. The lowest BCUT2D eigenvalue weighted by Gasteiger charge is -2.03. The van der Waals surface area contributed by atoms with Crippen LogP contribution in [-0.2, 0) is 7.05 Å². The fourth-order valence-electron chi connectivity index (χ4n) is 0.788. The van der Waals surface area contributed by atoms with Crippen molar-refractivity contribution in [1.29, 1.82) is 0 Å². The van der Waals surface area contributed by atoms with Gasteiger partial charge in [-0.2, -0.15) is 5.10 Å². The van der Waals surface area contributed by atoms with E-state index in [9.17, 15) is 4.79 Å². The molecule has 0 saturated carbocycles. The van der Waals surface area contributed by atoms with Gasteiger partial charge in [0.05, 0.1) is 9.26 Å². The van der Waals surface area contributed by atoms with Gasteiger partial charge in [-0.15, -0.1) is 0 Å². The molecule has 1 aromatic heterocycles. The van der Waals surface area contributed by atoms with E-state index in [1.165, 1.54) is 4.68 Å². The molecular weight excluding hydrogens is 269 g/mol. The second-order valence-corrected chi connectivity index (χ2v) is 3.32. The molecule has 2 N–H and O–H groups in total. The molecular formula is C7H8IN3O. The van der Waals surface area contributed by atoms with Crippen molar-refractivity contribution in [2.75, 3.05) is 5.73 Å². The first-order valence-corrected chi connectivity index (χ1v) is 4.30. The van der Waals surface area contributed by atoms with Crippen molar-refractivity contribution in [3.63, 3.8) is 0 Å². The molecule has 0 radical (unpaired) electrons. The minimum absolute atomic E-state index is 0.225. The number of hydrogen-bond acceptors (Lipinski definition) is 3. The zero-order valence-corrected chi connectivity index (χ0v) is 8.70. The predicted molar refractivity (Wildman–Crippen MR) is 56.7 cm³/mol. The first kappa shape index (κ1) is 9.24. The minimum Gasteiger partial charge on any atom is -0.393 e. The Bertz CT molecular complexity index is 383. The van der Waals surface area contributed by atoms with Gasteiger partial charge in [0.2, 0.25) is 0 Å². The van der Waals surface area contributed by atoms with Crippen LogP contribution in [0.1, 0.15) is 5.69 Å². The molecule has 0 bridgehead atoms. The molecule has 4 nitrogen and oxygen atoms in total. The Morgan fingerprint density at radius 3 is 2.83 bits per heavy atom. The van der Waals surface area contributed by atoms with Crippen LogP contribution in [0.2, 0.25) is 0 Å². The summed E-state index contributed by atoms with van der Waals surface area (Å²) in [5.41, 5.74) is 6.12. The van der Waals surface area contributed by atoms with Gasteiger partial charge in [0.15, 0.2) is 0 Å². The SMILES string of the molecule is C=Cc1nn(C)c(=O)c(N)c1I. The molecule has 0 spiro atoms. The molecule has 0 amide bonds. The van der Waals surface area contributed by atoms with Crippen LogP contribution >= 0.6 is 22.6 Å². The summed E-state index contributed by atoms with van der Waals surface area (Å²) in [6.45, 7) is 3.57. The van der Waals surface area contributed by atoms with E-state index in [-0.39, 0.29) is 11.2 Å². The Labute approximate surface area is 83.2 Å². The molecule has 0 aromatic carbocycles. The smallest absolute Gasteiger partial charge is 0.290 e. The van der Waals surface area contributed by atoms with E-state index in [1.807, 2.05) is 22.6 Å². The van der Waals surface area contributed by atoms with E-state index >= 15 is 0 Å². The first-order valence-electron chi connectivity index (χ1n) is 3.22. The van der Waals surface area contributed by atoms with Crippen LogP contribution in [0.5, 0.6) is 0 Å². The van der Waals surface area contributed by atoms with Crippen molar-refractivity contribution in [3.05, 3.63) is 26.2 Å². The third-order valence-corrected chi connectivity index (χ3v) is 2.57. The van der Waals surface area contributed by atoms with Crippen molar-refractivity contribution in [1.82, 2.24) is 9.78 Å². The molecule has 1 rings (SSSR count). The van der Waals surface area contributed by atoms with Crippen LogP contribution in [0, 0.1) is 3.57 Å². The van der Waals surface area contributed by atoms with Gasteiger partial charge in [0.1, 0.15) is 5.69 Å². The Morgan fingerprint density at radius 2 is 2.33 bits per heavy atom. The Balaban J connectivity index is 3.60. The van der Waals surface area contributed by atoms with Crippen LogP contribution in [0.3, 0.4) is 0 Å². The number of hydrogen-bond donors (Lipinski definition) is 1. The maximum atomic E-state index is 11.2. The summed E-state index contributed by atoms with van der Waals surface area (Å²) in [6.07, 6.45) is 1.57. The molecule has 0 aliphatic carbocycles. The lowest BCUT2D eigenvalue weighted by atomic mass is 10.3. The summed E-state index contributed by atoms with van der Waals surface area (Å²) in [5.74, 6) is 0. The standard InChI is InChI=1S/C7H8IN3O/c1-3-4-5(8)6(9)7(12)11(2)10-4/h3H,1,9H2,2H3. The summed E-state index contributed by atoms with van der Waals surface area (Å²) in [4.78, 5) is 11.2. The molecule has 0 saturated heterocycles. The highest BCUT2D eigenvalue weighted by molar-refractivity contribution is 14.1. The lowest BCUT2D eigenvalue weighted by molar-refractivity contribution is 0.703. The Hall–Kier alpha value is -0.850. The largest absolute Gasteiger partial charge is 0.393 e. The number of nitrogens with zero attached hydrogens (tertiary/aromatic N) is 2. The van der Waals surface area contributed by atoms with Crippen LogP contribution in [0.25, 0.3) is 6.08 Å². The normalized spacial score (nSPS) is 9.83. The average molecular weight is 277 g/mol. The molecule has 0 fully saturated rings. The number of nitrogen functional groups attached to an aromatic ring is 1. The zero-order chi connectivity index (χ0) is 9.30. The highest BCUT2D eigenvalue weighted by Crippen LogP contribution is 2.13. The van der Waals surface area contributed by atoms with E-state index in [2.05, 4.69) is 11.7 Å². The molecule has 0 aliphatic rings. The minimum atomic E-state index is -0.273. The molecule has 12 heavy (non-hydrogen) atoms. The second-order valence-electron chi connectivity index (χ2n) is 2.25. The molecule has 0 unspecified atom stereocenters. The van der Waals surface area contributed by atoms with Gasteiger partial charge in [-0.25, -0.2) is 4.68 Å². The summed E-state index contributed by atoms with van der Waals surface area (Å²) < 4.78 is 1.86. The van der Waals surface area contributed by atoms with Crippen molar-refractivity contribution in [2.24, 2.45) is 7.05 Å². The third kappa shape index (κ3) is 1.36. The van der Waals surface area contributed by atoms with E-state index in [4.69, 9.17) is 5.73 Å². The fourth-order valence-corrected chi connectivity index (χ4v) is 1.35. The van der Waals surface area contributed by atoms with E-state index in [0.717, 1.165) is 0 Å². The maximum Gasteiger partial charge on any atom is 0.290 e. The number of rotatable bonds is 1. The summed E-state index contributed by atoms with van der Waals surface area (Å²) in [5, 5.41) is 3.95. The second kappa shape index (κ2) is 3.26. The van der Waals surface area contributed by atoms with Crippen LogP contribution < -0.4 is 11.3 Å². The molecule has 5 heteroatoms. The summed E-state index contributed by atoms with van der Waals surface area (Å²) >= 11 is 1.98. The highest BCUT2D eigenvalue weighted by atomic mass is 127. The van der Waals surface area contributed by atoms with E-state index in [1.54, 1.807) is 13.1 Å². The predicted octanol–water partition coefficient (Wildman–Crippen LogP) is 0.610. The van der Waals surface area contributed by atoms with E-state index < -0.39 is 0 Å². The molecule has 1 heterocycles. The summed E-state index contributed by atoms with van der Waals surface area (Å²) in [6, 6.07) is 0. The number of anilines is 1. The quantitative estimate of drug-likeness (QED) is 0.765. The zero-order valence-electron chi connectivity index (χ0n) is 6.54. The lowest BCUT2D eigenvalue weighted by Crippen LogP contribution is -2.24. The molecule has 1 aromatic rings. The van der Waals surface area contributed by atoms with Gasteiger partial charge in [0.25, 0.3) is 5.56 Å². The average Bonchev–Trinajstić information content (AvgIpc) is 2.08. The van der Waals surface area contributed by atoms with Crippen LogP contribution in [0.4, 0.5) is 5.69 Å². The van der Waals surface area contributed by atoms with Crippen molar-refractivity contribution < 1.29 is 0 Å². The molecule has 0 atom stereocenters. The topological polar surface area (TPSA) is 60.9 Å². The van der Waals surface area contributed by atoms with Crippen LogP contribution in [-0.4, -0.2) is 9.78 Å². The summed E-state index contributed by atoms with van der Waals surface area (Å²) in [7, 11) is 1.56. The molecule has 0 aliphatic heterocycles. The van der Waals surface area contributed by atoms with E-state index in [0.29, 0.717) is 9.26 Å². The molecule has 64 valence electrons. The highest BCUT2D eigenvalue weighted by Gasteiger charge is 2.07. The van der Waals surface area contributed by atoms with Gasteiger partial charge in [-0.05, 0) is 28.7 Å². The fraction of sp³-hybridized carbons (Fsp3) is 0.143. The van der Waals surface area contributed by atoms with Gasteiger partial charge in [-0.1, -0.05) is 6.58 Å². The van der Waals surface area contributed by atoms with Crippen molar-refractivity contribution >= 4 is 34.4 Å². The van der Waals surface area contributed by atoms with Gasteiger partial charge < -0.3 is 5.73 Å². The van der Waals surface area contributed by atoms with Gasteiger partial charge >= 0.3 is 0 Å². The Kier molecular flexibility index (Phi) is 2.51. The van der Waals surface area contributed by atoms with Crippen molar-refractivity contribution in [2.45, 2.75) is 0 Å². The van der Waals surface area contributed by atoms with Crippen LogP contribution in [0.15, 0.2) is 11.4 Å². The van der Waals surface area contributed by atoms with Gasteiger partial charge in [-0.3, -0.25) is 4.79 Å². The number of halogens is 1. The number of aryl methyl sites for hydroxylation is 1. The van der Waals surface area contributed by atoms with Crippen molar-refractivity contribution in [3.8, 4) is 0 Å². The Morgan fingerprint density at radius 1 is 1.75 bits per heavy atom. The van der Waals surface area contributed by atoms with Gasteiger partial charge in [0, 0.05) is 7.05 Å². The first-order chi connectivity index (χ1) is 5.57. The maximum absolute atomic E-state index is 11.2.